The molecule has 2 aromatic carbocycles. The summed E-state index contributed by atoms with van der Waals surface area (Å²) >= 11 is 0. The van der Waals surface area contributed by atoms with Crippen molar-refractivity contribution in [3.05, 3.63) is 60.2 Å². The quantitative estimate of drug-likeness (QED) is 0.250. The molecular formula is C27H38N2O3. The van der Waals surface area contributed by atoms with Crippen LogP contribution in [0.25, 0.3) is 0 Å². The van der Waals surface area contributed by atoms with Gasteiger partial charge in [0, 0.05) is 17.8 Å². The highest BCUT2D eigenvalue weighted by atomic mass is 16.6. The van der Waals surface area contributed by atoms with Crippen LogP contribution in [0.4, 0.5) is 10.5 Å². The van der Waals surface area contributed by atoms with E-state index in [2.05, 4.69) is 6.92 Å². The predicted molar refractivity (Wildman–Crippen MR) is 131 cm³/mol. The Hall–Kier alpha value is -2.82. The van der Waals surface area contributed by atoms with Crippen molar-refractivity contribution in [2.24, 2.45) is 0 Å². The van der Waals surface area contributed by atoms with E-state index in [0.717, 1.165) is 19.3 Å². The van der Waals surface area contributed by atoms with Gasteiger partial charge in [0.15, 0.2) is 0 Å². The minimum atomic E-state index is -0.648. The van der Waals surface area contributed by atoms with Crippen molar-refractivity contribution in [2.75, 3.05) is 12.3 Å². The van der Waals surface area contributed by atoms with Crippen LogP contribution < -0.4 is 10.5 Å². The Kier molecular flexibility index (Phi) is 12.0. The molecule has 0 aliphatic heterocycles. The second kappa shape index (κ2) is 15.1. The fraction of sp³-hybridized carbons (Fsp3) is 0.481. The first-order valence-corrected chi connectivity index (χ1v) is 12.1. The van der Waals surface area contributed by atoms with Crippen LogP contribution in [0.1, 0.15) is 87.9 Å². The first kappa shape index (κ1) is 25.4. The second-order valence-electron chi connectivity index (χ2n) is 8.30. The van der Waals surface area contributed by atoms with Crippen LogP contribution in [0.2, 0.25) is 0 Å². The molecule has 5 nitrogen and oxygen atoms in total. The lowest BCUT2D eigenvalue weighted by molar-refractivity contribution is 0.0749. The summed E-state index contributed by atoms with van der Waals surface area (Å²) < 4.78 is 5.43. The minimum absolute atomic E-state index is 0.339. The number of unbranched alkanes of at least 4 members (excludes halogenated alkanes) is 10. The van der Waals surface area contributed by atoms with Crippen LogP contribution in [0, 0.1) is 0 Å². The molecule has 5 heteroatoms. The number of imide groups is 1. The summed E-state index contributed by atoms with van der Waals surface area (Å²) in [6.45, 7) is 2.58. The standard InChI is InChI=1S/C27H38N2O3/c1-2-3-4-5-6-7-8-9-10-11-15-22-29(26(30)23-18-20-24(28)21-19-23)27(31)32-25-16-13-12-14-17-25/h12-14,16-21H,2-11,15,22,28H2,1H3. The largest absolute Gasteiger partial charge is 0.422 e. The maximum atomic E-state index is 13.0. The number of amides is 2. The van der Waals surface area contributed by atoms with Crippen LogP contribution in [-0.2, 0) is 0 Å². The van der Waals surface area contributed by atoms with Crippen molar-refractivity contribution in [1.82, 2.24) is 4.90 Å². The number of carbonyl (C=O) groups excluding carboxylic acids is 2. The number of anilines is 1. The molecule has 174 valence electrons. The van der Waals surface area contributed by atoms with E-state index in [1.165, 1.54) is 56.3 Å². The van der Waals surface area contributed by atoms with E-state index in [-0.39, 0.29) is 5.91 Å². The molecule has 0 radical (unpaired) electrons. The van der Waals surface area contributed by atoms with E-state index in [0.29, 0.717) is 23.5 Å². The van der Waals surface area contributed by atoms with Crippen molar-refractivity contribution in [3.8, 4) is 5.75 Å². The maximum Gasteiger partial charge on any atom is 0.422 e. The molecule has 0 atom stereocenters. The highest BCUT2D eigenvalue weighted by molar-refractivity contribution is 6.03. The smallest absolute Gasteiger partial charge is 0.410 e. The number of benzene rings is 2. The highest BCUT2D eigenvalue weighted by Gasteiger charge is 2.24. The van der Waals surface area contributed by atoms with Gasteiger partial charge in [-0.25, -0.2) is 9.69 Å². The number of hydrogen-bond donors (Lipinski definition) is 1. The minimum Gasteiger partial charge on any atom is -0.410 e. The summed E-state index contributed by atoms with van der Waals surface area (Å²) in [5.74, 6) is 0.0598. The van der Waals surface area contributed by atoms with Gasteiger partial charge in [0.1, 0.15) is 5.75 Å². The molecule has 0 aliphatic rings. The van der Waals surface area contributed by atoms with Crippen molar-refractivity contribution in [2.45, 2.75) is 77.6 Å². The number of nitrogens with zero attached hydrogens (tertiary/aromatic N) is 1. The van der Waals surface area contributed by atoms with E-state index < -0.39 is 6.09 Å². The predicted octanol–water partition coefficient (Wildman–Crippen LogP) is 7.22. The topological polar surface area (TPSA) is 72.6 Å². The Morgan fingerprint density at radius 3 is 1.84 bits per heavy atom. The Morgan fingerprint density at radius 1 is 0.750 bits per heavy atom. The molecule has 0 fully saturated rings. The van der Waals surface area contributed by atoms with Gasteiger partial charge in [0.2, 0.25) is 0 Å². The van der Waals surface area contributed by atoms with Crippen molar-refractivity contribution in [1.29, 1.82) is 0 Å². The number of hydrogen-bond acceptors (Lipinski definition) is 4. The number of nitrogen functional groups attached to an aromatic ring is 1. The molecule has 0 saturated carbocycles. The Morgan fingerprint density at radius 2 is 1.28 bits per heavy atom. The van der Waals surface area contributed by atoms with Gasteiger partial charge < -0.3 is 10.5 Å². The molecule has 0 spiro atoms. The van der Waals surface area contributed by atoms with Gasteiger partial charge in [-0.1, -0.05) is 89.3 Å². The van der Waals surface area contributed by atoms with Gasteiger partial charge in [-0.15, -0.1) is 0 Å². The summed E-state index contributed by atoms with van der Waals surface area (Å²) in [5, 5.41) is 0. The normalized spacial score (nSPS) is 10.7. The van der Waals surface area contributed by atoms with E-state index in [9.17, 15) is 9.59 Å². The zero-order chi connectivity index (χ0) is 23.0. The lowest BCUT2D eigenvalue weighted by Gasteiger charge is -2.20. The zero-order valence-electron chi connectivity index (χ0n) is 19.4. The number of rotatable bonds is 14. The summed E-state index contributed by atoms with van der Waals surface area (Å²) in [7, 11) is 0. The van der Waals surface area contributed by atoms with Gasteiger partial charge in [0.25, 0.3) is 5.91 Å². The van der Waals surface area contributed by atoms with E-state index in [1.54, 1.807) is 48.5 Å². The van der Waals surface area contributed by atoms with Gasteiger partial charge in [-0.2, -0.15) is 0 Å². The summed E-state index contributed by atoms with van der Waals surface area (Å²) in [4.78, 5) is 27.0. The number of para-hydroxylation sites is 1. The second-order valence-corrected chi connectivity index (χ2v) is 8.30. The van der Waals surface area contributed by atoms with Gasteiger partial charge in [-0.05, 0) is 42.8 Å². The van der Waals surface area contributed by atoms with Crippen LogP contribution in [0.15, 0.2) is 54.6 Å². The highest BCUT2D eigenvalue weighted by Crippen LogP contribution is 2.16. The van der Waals surface area contributed by atoms with Crippen molar-refractivity contribution in [3.63, 3.8) is 0 Å². The van der Waals surface area contributed by atoms with Crippen molar-refractivity contribution < 1.29 is 14.3 Å². The van der Waals surface area contributed by atoms with Crippen LogP contribution in [0.5, 0.6) is 5.75 Å². The number of carbonyl (C=O) groups is 2. The molecular weight excluding hydrogens is 400 g/mol. The zero-order valence-corrected chi connectivity index (χ0v) is 19.4. The molecule has 0 unspecified atom stereocenters. The third-order valence-corrected chi connectivity index (χ3v) is 5.56. The molecule has 0 bridgehead atoms. The molecule has 32 heavy (non-hydrogen) atoms. The lowest BCUT2D eigenvalue weighted by atomic mass is 10.1. The summed E-state index contributed by atoms with van der Waals surface area (Å²) in [5.41, 5.74) is 6.72. The lowest BCUT2D eigenvalue weighted by Crippen LogP contribution is -2.39. The third kappa shape index (κ3) is 9.54. The average Bonchev–Trinajstić information content (AvgIpc) is 2.80. The van der Waals surface area contributed by atoms with Gasteiger partial charge in [-0.3, -0.25) is 4.79 Å². The Labute approximate surface area is 192 Å². The molecule has 2 aromatic rings. The van der Waals surface area contributed by atoms with E-state index >= 15 is 0 Å². The number of nitrogens with two attached hydrogens (primary N) is 1. The molecule has 0 heterocycles. The average molecular weight is 439 g/mol. The molecule has 2 rings (SSSR count). The van der Waals surface area contributed by atoms with Crippen LogP contribution in [-0.4, -0.2) is 23.4 Å². The molecule has 2 N–H and O–H groups in total. The molecule has 0 aliphatic carbocycles. The van der Waals surface area contributed by atoms with Crippen molar-refractivity contribution >= 4 is 17.7 Å². The fourth-order valence-corrected chi connectivity index (χ4v) is 3.64. The van der Waals surface area contributed by atoms with Crippen LogP contribution in [0.3, 0.4) is 0 Å². The number of ether oxygens (including phenoxy) is 1. The Balaban J connectivity index is 1.80. The van der Waals surface area contributed by atoms with Crippen LogP contribution >= 0.6 is 0 Å². The fourth-order valence-electron chi connectivity index (χ4n) is 3.64. The maximum absolute atomic E-state index is 13.0. The first-order valence-electron chi connectivity index (χ1n) is 12.1. The van der Waals surface area contributed by atoms with Gasteiger partial charge >= 0.3 is 6.09 Å². The summed E-state index contributed by atoms with van der Waals surface area (Å²) in [6, 6.07) is 15.4. The van der Waals surface area contributed by atoms with E-state index in [1.807, 2.05) is 6.07 Å². The van der Waals surface area contributed by atoms with E-state index in [4.69, 9.17) is 10.5 Å². The summed E-state index contributed by atoms with van der Waals surface area (Å²) in [6.07, 6.45) is 12.6. The molecule has 2 amide bonds. The third-order valence-electron chi connectivity index (χ3n) is 5.56. The molecule has 0 aromatic heterocycles. The van der Waals surface area contributed by atoms with Gasteiger partial charge in [0.05, 0.1) is 0 Å². The monoisotopic (exact) mass is 438 g/mol. The Bertz CT molecular complexity index is 790. The molecule has 0 saturated heterocycles. The SMILES string of the molecule is CCCCCCCCCCCCCN(C(=O)Oc1ccccc1)C(=O)c1ccc(N)cc1. The first-order chi connectivity index (χ1) is 15.6.